The molecule has 0 aromatic heterocycles. The molecule has 1 aliphatic rings. The van der Waals surface area contributed by atoms with Gasteiger partial charge < -0.3 is 15.1 Å². The Morgan fingerprint density at radius 1 is 1.28 bits per heavy atom. The van der Waals surface area contributed by atoms with Gasteiger partial charge in [-0.3, -0.25) is 9.59 Å². The Morgan fingerprint density at radius 3 is 2.06 bits per heavy atom. The summed E-state index contributed by atoms with van der Waals surface area (Å²) in [5, 5.41) is 15.8. The molecular formula is C11H19NO6. The molecule has 104 valence electrons. The number of hydroxylamine groups is 2. The first-order valence-corrected chi connectivity index (χ1v) is 5.77. The van der Waals surface area contributed by atoms with Crippen molar-refractivity contribution in [2.24, 2.45) is 5.92 Å². The Bertz CT molecular complexity index is 286. The molecule has 0 saturated carbocycles. The second-order valence-electron chi connectivity index (χ2n) is 3.75. The fourth-order valence-corrected chi connectivity index (χ4v) is 1.00. The Kier molecular flexibility index (Phi) is 7.89. The fraction of sp³-hybridized carbons (Fsp3) is 0.727. The van der Waals surface area contributed by atoms with Crippen LogP contribution in [0.2, 0.25) is 0 Å². The number of aliphatic hydroxyl groups excluding tert-OH is 2. The molecule has 7 heteroatoms. The zero-order chi connectivity index (χ0) is 14.1. The van der Waals surface area contributed by atoms with E-state index in [0.29, 0.717) is 11.5 Å². The summed E-state index contributed by atoms with van der Waals surface area (Å²) in [6, 6.07) is 0. The van der Waals surface area contributed by atoms with Crippen LogP contribution in [0.25, 0.3) is 0 Å². The highest BCUT2D eigenvalue weighted by Gasteiger charge is 2.33. The minimum absolute atomic E-state index is 0.125. The first kappa shape index (κ1) is 16.5. The van der Waals surface area contributed by atoms with E-state index in [1.165, 1.54) is 0 Å². The number of nitrogens with zero attached hydrogens (tertiary/aromatic N) is 1. The summed E-state index contributed by atoms with van der Waals surface area (Å²) in [7, 11) is 0. The number of amides is 2. The third-order valence-electron chi connectivity index (χ3n) is 2.30. The summed E-state index contributed by atoms with van der Waals surface area (Å²) in [5.74, 6) is -1.70. The van der Waals surface area contributed by atoms with Gasteiger partial charge in [0, 0.05) is 12.8 Å². The van der Waals surface area contributed by atoms with Crippen molar-refractivity contribution >= 4 is 17.8 Å². The summed E-state index contributed by atoms with van der Waals surface area (Å²) in [6.45, 7) is 3.27. The molecule has 7 nitrogen and oxygen atoms in total. The predicted octanol–water partition coefficient (Wildman–Crippen LogP) is -0.389. The molecule has 0 aromatic carbocycles. The summed E-state index contributed by atoms with van der Waals surface area (Å²) in [5.41, 5.74) is 0. The van der Waals surface area contributed by atoms with Crippen molar-refractivity contribution in [3.05, 3.63) is 0 Å². The Balaban J connectivity index is 0.000000631. The summed E-state index contributed by atoms with van der Waals surface area (Å²) in [4.78, 5) is 38.1. The number of hydrogen-bond acceptors (Lipinski definition) is 6. The van der Waals surface area contributed by atoms with E-state index in [0.717, 1.165) is 0 Å². The first-order chi connectivity index (χ1) is 8.47. The van der Waals surface area contributed by atoms with E-state index in [-0.39, 0.29) is 32.0 Å². The van der Waals surface area contributed by atoms with Crippen LogP contribution in [-0.2, 0) is 19.2 Å². The summed E-state index contributed by atoms with van der Waals surface area (Å²) < 4.78 is 0. The molecule has 1 heterocycles. The molecule has 1 fully saturated rings. The molecule has 0 radical (unpaired) electrons. The van der Waals surface area contributed by atoms with Gasteiger partial charge >= 0.3 is 5.97 Å². The smallest absolute Gasteiger partial charge is 0.335 e. The molecule has 2 N–H and O–H groups in total. The Hall–Kier alpha value is -1.47. The van der Waals surface area contributed by atoms with Gasteiger partial charge in [0.1, 0.15) is 0 Å². The average molecular weight is 261 g/mol. The lowest BCUT2D eigenvalue weighted by molar-refractivity contribution is -0.200. The third kappa shape index (κ3) is 5.24. The third-order valence-corrected chi connectivity index (χ3v) is 2.30. The van der Waals surface area contributed by atoms with Crippen molar-refractivity contribution < 1.29 is 29.4 Å². The number of imide groups is 1. The second kappa shape index (κ2) is 8.60. The van der Waals surface area contributed by atoms with E-state index in [4.69, 9.17) is 10.2 Å². The van der Waals surface area contributed by atoms with Crippen molar-refractivity contribution in [2.45, 2.75) is 33.1 Å². The lowest BCUT2D eigenvalue weighted by atomic mass is 10.1. The normalized spacial score (nSPS) is 16.1. The Labute approximate surface area is 105 Å². The fourth-order valence-electron chi connectivity index (χ4n) is 1.00. The highest BCUT2D eigenvalue weighted by molar-refractivity contribution is 6.01. The quantitative estimate of drug-likeness (QED) is 0.668. The van der Waals surface area contributed by atoms with Crippen LogP contribution in [0.1, 0.15) is 33.1 Å². The number of rotatable bonds is 4. The molecule has 2 amide bonds. The summed E-state index contributed by atoms with van der Waals surface area (Å²) in [6.07, 6.45) is 0.883. The van der Waals surface area contributed by atoms with Crippen molar-refractivity contribution in [1.82, 2.24) is 5.06 Å². The minimum Gasteiger partial charge on any atom is -0.394 e. The van der Waals surface area contributed by atoms with Crippen LogP contribution in [0.5, 0.6) is 0 Å². The van der Waals surface area contributed by atoms with Gasteiger partial charge in [-0.15, -0.1) is 5.06 Å². The van der Waals surface area contributed by atoms with Gasteiger partial charge in [-0.05, 0) is 6.42 Å². The number of hydrogen-bond donors (Lipinski definition) is 2. The molecular weight excluding hydrogens is 242 g/mol. The molecule has 1 saturated heterocycles. The topological polar surface area (TPSA) is 104 Å². The molecule has 1 unspecified atom stereocenters. The van der Waals surface area contributed by atoms with Gasteiger partial charge in [-0.1, -0.05) is 13.8 Å². The number of aliphatic hydroxyl groups is 2. The zero-order valence-corrected chi connectivity index (χ0v) is 10.6. The molecule has 0 bridgehead atoms. The molecule has 1 atom stereocenters. The van der Waals surface area contributed by atoms with Gasteiger partial charge in [0.2, 0.25) is 0 Å². The predicted molar refractivity (Wildman–Crippen MR) is 60.8 cm³/mol. The van der Waals surface area contributed by atoms with Gasteiger partial charge in [0.05, 0.1) is 19.1 Å². The van der Waals surface area contributed by atoms with Crippen molar-refractivity contribution in [2.75, 3.05) is 13.2 Å². The van der Waals surface area contributed by atoms with E-state index >= 15 is 0 Å². The highest BCUT2D eigenvalue weighted by atomic mass is 16.7. The zero-order valence-electron chi connectivity index (χ0n) is 10.6. The van der Waals surface area contributed by atoms with Gasteiger partial charge in [-0.2, -0.15) is 0 Å². The highest BCUT2D eigenvalue weighted by Crippen LogP contribution is 2.14. The van der Waals surface area contributed by atoms with Crippen LogP contribution in [-0.4, -0.2) is 46.3 Å². The second-order valence-corrected chi connectivity index (χ2v) is 3.75. The lowest BCUT2D eigenvalue weighted by Crippen LogP contribution is -2.33. The lowest BCUT2D eigenvalue weighted by Gasteiger charge is -2.14. The monoisotopic (exact) mass is 261 g/mol. The van der Waals surface area contributed by atoms with E-state index in [2.05, 4.69) is 4.84 Å². The maximum atomic E-state index is 11.3. The van der Waals surface area contributed by atoms with Gasteiger partial charge in [0.15, 0.2) is 0 Å². The Morgan fingerprint density at radius 2 is 1.72 bits per heavy atom. The summed E-state index contributed by atoms with van der Waals surface area (Å²) >= 11 is 0. The number of carbonyl (C=O) groups excluding carboxylic acids is 3. The van der Waals surface area contributed by atoms with Crippen molar-refractivity contribution in [3.63, 3.8) is 0 Å². The minimum atomic E-state index is -0.531. The van der Waals surface area contributed by atoms with Crippen LogP contribution in [0.3, 0.4) is 0 Å². The van der Waals surface area contributed by atoms with Gasteiger partial charge in [-0.25, -0.2) is 4.79 Å². The standard InChI is InChI=1S/C9H13NO4.C2H6O2/c1-3-6(2)9(13)14-10-7(11)4-5-8(10)12;3-1-2-4/h6H,3-5H2,1-2H3;3-4H,1-2H2. The van der Waals surface area contributed by atoms with Crippen molar-refractivity contribution in [1.29, 1.82) is 0 Å². The molecule has 0 aromatic rings. The van der Waals surface area contributed by atoms with Crippen LogP contribution in [0.15, 0.2) is 0 Å². The van der Waals surface area contributed by atoms with Crippen LogP contribution >= 0.6 is 0 Å². The maximum absolute atomic E-state index is 11.3. The van der Waals surface area contributed by atoms with E-state index < -0.39 is 17.8 Å². The molecule has 1 rings (SSSR count). The van der Waals surface area contributed by atoms with Crippen LogP contribution in [0.4, 0.5) is 0 Å². The van der Waals surface area contributed by atoms with E-state index in [9.17, 15) is 14.4 Å². The molecule has 0 aliphatic carbocycles. The van der Waals surface area contributed by atoms with Gasteiger partial charge in [0.25, 0.3) is 11.8 Å². The van der Waals surface area contributed by atoms with Crippen molar-refractivity contribution in [3.8, 4) is 0 Å². The molecule has 1 aliphatic heterocycles. The van der Waals surface area contributed by atoms with E-state index in [1.54, 1.807) is 6.92 Å². The average Bonchev–Trinajstić information content (AvgIpc) is 2.69. The van der Waals surface area contributed by atoms with Crippen LogP contribution < -0.4 is 0 Å². The first-order valence-electron chi connectivity index (χ1n) is 5.77. The molecule has 0 spiro atoms. The van der Waals surface area contributed by atoms with Crippen LogP contribution in [0, 0.1) is 5.92 Å². The molecule has 18 heavy (non-hydrogen) atoms. The SMILES string of the molecule is CCC(C)C(=O)ON1C(=O)CCC1=O.OCCO. The maximum Gasteiger partial charge on any atom is 0.335 e. The largest absolute Gasteiger partial charge is 0.394 e. The number of carbonyl (C=O) groups is 3. The van der Waals surface area contributed by atoms with E-state index in [1.807, 2.05) is 6.92 Å².